The van der Waals surface area contributed by atoms with Crippen LogP contribution in [0.3, 0.4) is 0 Å². The second kappa shape index (κ2) is 16.1. The molecule has 1 radical (unpaired) electrons. The van der Waals surface area contributed by atoms with Crippen LogP contribution in [-0.2, 0) is 41.8 Å². The van der Waals surface area contributed by atoms with Gasteiger partial charge in [0.25, 0.3) is 0 Å². The van der Waals surface area contributed by atoms with Crippen LogP contribution < -0.4 is 10.6 Å². The average molecular weight is 612 g/mol. The molecule has 0 saturated carbocycles. The molecule has 0 rings (SSSR count). The summed E-state index contributed by atoms with van der Waals surface area (Å²) in [6.45, 7) is 3.33. The zero-order valence-corrected chi connectivity index (χ0v) is 19.5. The molecule has 4 N–H and O–H groups in total. The number of phosphoric ester groups is 1. The maximum Gasteiger partial charge on any atom is 0.472 e. The summed E-state index contributed by atoms with van der Waals surface area (Å²) in [5, 5.41) is 4.68. The third kappa shape index (κ3) is 14.7. The minimum absolute atomic E-state index is 0. The Balaban J connectivity index is -0.00000200. The number of phosphoric acid groups is 1. The molecule has 0 bridgehead atoms. The Bertz CT molecular complexity index is 380. The third-order valence-electron chi connectivity index (χ3n) is 2.63. The molecule has 133 valence electrons. The van der Waals surface area contributed by atoms with E-state index in [0.29, 0.717) is 6.54 Å². The molecule has 0 aliphatic rings. The van der Waals surface area contributed by atoms with Crippen molar-refractivity contribution >= 4 is 20.1 Å². The Morgan fingerprint density at radius 1 is 1.43 bits per heavy atom. The Morgan fingerprint density at radius 2 is 2.04 bits per heavy atom. The summed E-state index contributed by atoms with van der Waals surface area (Å²) in [4.78, 5) is 31.4. The van der Waals surface area contributed by atoms with Crippen LogP contribution in [-0.4, -0.2) is 49.6 Å². The predicted octanol–water partition coefficient (Wildman–Crippen LogP) is 0.357. The Labute approximate surface area is 172 Å². The SMILES string of the molecule is CCC(C)CNC(=O)C(COP(=O)(O)OCC[NH-])N[C-]=O.[U].[V]. The molecule has 23 heavy (non-hydrogen) atoms. The fourth-order valence-corrected chi connectivity index (χ4v) is 1.90. The monoisotopic (exact) mass is 612 g/mol. The average Bonchev–Trinajstić information content (AvgIpc) is 2.46. The Morgan fingerprint density at radius 3 is 2.52 bits per heavy atom. The van der Waals surface area contributed by atoms with Crippen molar-refractivity contribution in [2.45, 2.75) is 26.3 Å². The Hall–Kier alpha value is 0.646. The molecular weight excluding hydrogens is 590 g/mol. The van der Waals surface area contributed by atoms with Gasteiger partial charge < -0.3 is 26.1 Å². The van der Waals surface area contributed by atoms with Crippen LogP contribution in [0.2, 0.25) is 0 Å². The van der Waals surface area contributed by atoms with Gasteiger partial charge >= 0.3 is 7.82 Å². The maximum absolute atomic E-state index is 11.8. The van der Waals surface area contributed by atoms with Crippen LogP contribution in [0.25, 0.3) is 5.73 Å². The standard InChI is InChI=1S/C11H22N3O6P.U.V/c1-3-9(2)6-13-11(16)10(14-8-15)7-20-21(17,18)19-5-4-12;;/h9-10,12H,3-7H2,1-2H3,(H,13,16)(H,14,15)(H,17,18);;/q-2;;. The summed E-state index contributed by atoms with van der Waals surface area (Å²) >= 11 is 0. The third-order valence-corrected chi connectivity index (χ3v) is 3.62. The van der Waals surface area contributed by atoms with Gasteiger partial charge in [0, 0.05) is 62.8 Å². The van der Waals surface area contributed by atoms with E-state index in [0.717, 1.165) is 6.42 Å². The smallest absolute Gasteiger partial charge is 0.472 e. The second-order valence-electron chi connectivity index (χ2n) is 4.41. The van der Waals surface area contributed by atoms with Crippen molar-refractivity contribution in [1.82, 2.24) is 10.6 Å². The van der Waals surface area contributed by atoms with Gasteiger partial charge in [-0.2, -0.15) is 6.41 Å². The van der Waals surface area contributed by atoms with Crippen LogP contribution in [0.1, 0.15) is 20.3 Å². The van der Waals surface area contributed by atoms with Gasteiger partial charge in [0.1, 0.15) is 6.04 Å². The van der Waals surface area contributed by atoms with E-state index in [1.807, 2.05) is 13.8 Å². The molecule has 0 fully saturated rings. The fourth-order valence-electron chi connectivity index (χ4n) is 1.16. The molecular formula is C11H22N3O6PUV-2. The number of hydrogen-bond donors (Lipinski definition) is 3. The van der Waals surface area contributed by atoms with Gasteiger partial charge in [-0.25, -0.2) is 4.57 Å². The van der Waals surface area contributed by atoms with Crippen LogP contribution in [0, 0.1) is 37.0 Å². The van der Waals surface area contributed by atoms with E-state index >= 15 is 0 Å². The Kier molecular flexibility index (Phi) is 20.0. The molecule has 9 nitrogen and oxygen atoms in total. The number of amides is 2. The number of carbonyl (C=O) groups is 1. The van der Waals surface area contributed by atoms with Gasteiger partial charge in [0.15, 0.2) is 0 Å². The zero-order valence-electron chi connectivity index (χ0n) is 13.1. The van der Waals surface area contributed by atoms with Crippen molar-refractivity contribution in [1.29, 1.82) is 0 Å². The predicted molar refractivity (Wildman–Crippen MR) is 76.0 cm³/mol. The van der Waals surface area contributed by atoms with Crippen LogP contribution >= 0.6 is 7.82 Å². The first-order chi connectivity index (χ1) is 9.86. The molecule has 0 heterocycles. The minimum atomic E-state index is -4.34. The van der Waals surface area contributed by atoms with Crippen molar-refractivity contribution in [3.8, 4) is 0 Å². The van der Waals surface area contributed by atoms with E-state index in [2.05, 4.69) is 19.7 Å². The maximum atomic E-state index is 11.8. The van der Waals surface area contributed by atoms with Crippen LogP contribution in [0.5, 0.6) is 0 Å². The summed E-state index contributed by atoms with van der Waals surface area (Å²) < 4.78 is 20.4. The van der Waals surface area contributed by atoms with E-state index in [1.165, 1.54) is 6.41 Å². The number of hydrogen-bond acceptors (Lipinski definition) is 5. The molecule has 0 aromatic carbocycles. The van der Waals surface area contributed by atoms with Crippen molar-refractivity contribution in [2.24, 2.45) is 5.92 Å². The number of carbonyl (C=O) groups excluding carboxylic acids is 2. The van der Waals surface area contributed by atoms with Gasteiger partial charge in [0.05, 0.1) is 6.61 Å². The second-order valence-corrected chi connectivity index (χ2v) is 5.86. The summed E-state index contributed by atoms with van der Waals surface area (Å²) in [6, 6.07) is -1.15. The van der Waals surface area contributed by atoms with Crippen molar-refractivity contribution in [2.75, 3.05) is 26.3 Å². The zero-order chi connectivity index (χ0) is 16.3. The van der Waals surface area contributed by atoms with Gasteiger partial charge in [-0.1, -0.05) is 20.3 Å². The molecule has 3 atom stereocenters. The van der Waals surface area contributed by atoms with Crippen molar-refractivity contribution < 1.29 is 77.8 Å². The first-order valence-corrected chi connectivity index (χ1v) is 8.02. The molecule has 0 saturated heterocycles. The molecule has 0 aromatic rings. The van der Waals surface area contributed by atoms with E-state index in [-0.39, 0.29) is 68.7 Å². The fraction of sp³-hybridized carbons (Fsp3) is 0.818. The van der Waals surface area contributed by atoms with E-state index in [4.69, 9.17) is 5.73 Å². The summed E-state index contributed by atoms with van der Waals surface area (Å²) in [7, 11) is -4.34. The summed E-state index contributed by atoms with van der Waals surface area (Å²) in [6.07, 6.45) is 2.22. The van der Waals surface area contributed by atoms with Crippen molar-refractivity contribution in [3.63, 3.8) is 0 Å². The van der Waals surface area contributed by atoms with Gasteiger partial charge in [-0.3, -0.25) is 13.8 Å². The largest absolute Gasteiger partial charge is 0.676 e. The molecule has 0 spiro atoms. The first-order valence-electron chi connectivity index (χ1n) is 6.53. The van der Waals surface area contributed by atoms with E-state index in [9.17, 15) is 19.0 Å². The summed E-state index contributed by atoms with van der Waals surface area (Å²) in [5.41, 5.74) is 6.81. The molecule has 0 aliphatic carbocycles. The van der Waals surface area contributed by atoms with E-state index < -0.39 is 26.4 Å². The normalized spacial score (nSPS) is 15.1. The van der Waals surface area contributed by atoms with Gasteiger partial charge in [-0.05, 0) is 5.92 Å². The van der Waals surface area contributed by atoms with Crippen LogP contribution in [0.4, 0.5) is 0 Å². The molecule has 0 aliphatic heterocycles. The van der Waals surface area contributed by atoms with Gasteiger partial charge in [-0.15, -0.1) is 6.54 Å². The minimum Gasteiger partial charge on any atom is -0.676 e. The van der Waals surface area contributed by atoms with Gasteiger partial charge in [0.2, 0.25) is 5.91 Å². The molecule has 3 unspecified atom stereocenters. The number of rotatable bonds is 12. The first kappa shape index (κ1) is 28.4. The van der Waals surface area contributed by atoms with Crippen molar-refractivity contribution in [3.05, 3.63) is 5.73 Å². The summed E-state index contributed by atoms with van der Waals surface area (Å²) in [5.74, 6) is -0.279. The quantitative estimate of drug-likeness (QED) is 0.166. The molecule has 12 heteroatoms. The molecule has 2 amide bonds. The topological polar surface area (TPSA) is 138 Å². The van der Waals surface area contributed by atoms with Crippen LogP contribution in [0.15, 0.2) is 0 Å². The molecule has 0 aromatic heterocycles. The number of nitrogens with one attached hydrogen (secondary N) is 3. The van der Waals surface area contributed by atoms with E-state index in [1.54, 1.807) is 0 Å².